The first-order valence-corrected chi connectivity index (χ1v) is 14.0. The Kier molecular flexibility index (Phi) is 9.01. The number of nitrogens with one attached hydrogen (secondary N) is 1. The summed E-state index contributed by atoms with van der Waals surface area (Å²) in [6.45, 7) is 3.76. The summed E-state index contributed by atoms with van der Waals surface area (Å²) in [4.78, 5) is 12.9. The van der Waals surface area contributed by atoms with Gasteiger partial charge in [0.2, 0.25) is 0 Å². The molecule has 0 aliphatic carbocycles. The number of hydrogen-bond donors (Lipinski definition) is 1. The molecule has 9 heteroatoms. The van der Waals surface area contributed by atoms with Crippen molar-refractivity contribution >= 4 is 39.4 Å². The minimum Gasteiger partial charge on any atom is -0.489 e. The Morgan fingerprint density at radius 1 is 0.949 bits per heavy atom. The molecule has 1 amide bonds. The van der Waals surface area contributed by atoms with E-state index < -0.39 is 22.5 Å². The summed E-state index contributed by atoms with van der Waals surface area (Å²) < 4.78 is 33.8. The first-order valence-electron chi connectivity index (χ1n) is 12.2. The van der Waals surface area contributed by atoms with Gasteiger partial charge < -0.3 is 4.74 Å². The fourth-order valence-electron chi connectivity index (χ4n) is 3.76. The SMILES string of the molecule is Cc1ccc(COc2ccc(/C=N\NC(=O)CN(c3ccc(Cl)cc3C)S(=O)(=O)c3ccccc3)cc2)cc1. The highest BCUT2D eigenvalue weighted by atomic mass is 35.5. The van der Waals surface area contributed by atoms with E-state index in [1.165, 1.54) is 23.9 Å². The maximum absolute atomic E-state index is 13.5. The van der Waals surface area contributed by atoms with Gasteiger partial charge >= 0.3 is 0 Å². The number of carbonyl (C=O) groups excluding carboxylic acids is 1. The molecule has 0 saturated carbocycles. The molecule has 4 rings (SSSR count). The zero-order chi connectivity index (χ0) is 27.8. The summed E-state index contributed by atoms with van der Waals surface area (Å²) in [5.74, 6) is 0.106. The highest BCUT2D eigenvalue weighted by molar-refractivity contribution is 7.92. The minimum absolute atomic E-state index is 0.0698. The third-order valence-electron chi connectivity index (χ3n) is 5.86. The zero-order valence-electron chi connectivity index (χ0n) is 21.5. The zero-order valence-corrected chi connectivity index (χ0v) is 23.1. The van der Waals surface area contributed by atoms with Crippen LogP contribution in [0.15, 0.2) is 107 Å². The second-order valence-electron chi connectivity index (χ2n) is 8.89. The topological polar surface area (TPSA) is 88.1 Å². The average Bonchev–Trinajstić information content (AvgIpc) is 2.93. The van der Waals surface area contributed by atoms with E-state index in [1.54, 1.807) is 43.3 Å². The van der Waals surface area contributed by atoms with Crippen molar-refractivity contribution in [2.75, 3.05) is 10.8 Å². The summed E-state index contributed by atoms with van der Waals surface area (Å²) in [6, 6.07) is 28.1. The first kappa shape index (κ1) is 27.9. The highest BCUT2D eigenvalue weighted by Gasteiger charge is 2.28. The molecule has 4 aromatic carbocycles. The molecule has 0 radical (unpaired) electrons. The van der Waals surface area contributed by atoms with Crippen LogP contribution < -0.4 is 14.5 Å². The van der Waals surface area contributed by atoms with Crippen molar-refractivity contribution in [2.24, 2.45) is 5.10 Å². The largest absolute Gasteiger partial charge is 0.489 e. The number of sulfonamides is 1. The van der Waals surface area contributed by atoms with Gasteiger partial charge in [0, 0.05) is 5.02 Å². The van der Waals surface area contributed by atoms with Gasteiger partial charge in [0.05, 0.1) is 16.8 Å². The molecule has 0 bridgehead atoms. The maximum Gasteiger partial charge on any atom is 0.264 e. The number of amides is 1. The van der Waals surface area contributed by atoms with Crippen LogP contribution in [-0.4, -0.2) is 27.1 Å². The van der Waals surface area contributed by atoms with Gasteiger partial charge in [-0.3, -0.25) is 9.10 Å². The van der Waals surface area contributed by atoms with E-state index in [-0.39, 0.29) is 4.90 Å². The van der Waals surface area contributed by atoms with Crippen molar-refractivity contribution < 1.29 is 17.9 Å². The number of hydrogen-bond acceptors (Lipinski definition) is 5. The normalized spacial score (nSPS) is 11.4. The van der Waals surface area contributed by atoms with Gasteiger partial charge in [-0.2, -0.15) is 5.10 Å². The van der Waals surface area contributed by atoms with Crippen LogP contribution in [-0.2, 0) is 21.4 Å². The third kappa shape index (κ3) is 7.46. The van der Waals surface area contributed by atoms with Gasteiger partial charge in [0.1, 0.15) is 18.9 Å². The second kappa shape index (κ2) is 12.6. The number of benzene rings is 4. The molecule has 39 heavy (non-hydrogen) atoms. The number of hydrazone groups is 1. The number of rotatable bonds is 10. The Bertz CT molecular complexity index is 1560. The Balaban J connectivity index is 1.41. The predicted molar refractivity (Wildman–Crippen MR) is 155 cm³/mol. The fourth-order valence-corrected chi connectivity index (χ4v) is 5.50. The van der Waals surface area contributed by atoms with Crippen molar-refractivity contribution in [3.63, 3.8) is 0 Å². The lowest BCUT2D eigenvalue weighted by atomic mass is 10.2. The van der Waals surface area contributed by atoms with Crippen molar-refractivity contribution in [1.29, 1.82) is 0 Å². The first-order chi connectivity index (χ1) is 18.7. The van der Waals surface area contributed by atoms with E-state index in [0.29, 0.717) is 28.6 Å². The fraction of sp³-hybridized carbons (Fsp3) is 0.133. The number of aryl methyl sites for hydroxylation is 2. The highest BCUT2D eigenvalue weighted by Crippen LogP contribution is 2.28. The monoisotopic (exact) mass is 561 g/mol. The van der Waals surface area contributed by atoms with E-state index in [1.807, 2.05) is 55.5 Å². The lowest BCUT2D eigenvalue weighted by Crippen LogP contribution is -2.40. The quantitative estimate of drug-likeness (QED) is 0.193. The Morgan fingerprint density at radius 3 is 2.31 bits per heavy atom. The number of nitrogens with zero attached hydrogens (tertiary/aromatic N) is 2. The Labute approximate surface area is 233 Å². The van der Waals surface area contributed by atoms with Gasteiger partial charge in [-0.15, -0.1) is 0 Å². The molecule has 4 aromatic rings. The summed E-state index contributed by atoms with van der Waals surface area (Å²) >= 11 is 6.07. The number of carbonyl (C=O) groups is 1. The maximum atomic E-state index is 13.5. The van der Waals surface area contributed by atoms with Crippen LogP contribution in [0.1, 0.15) is 22.3 Å². The molecule has 0 aromatic heterocycles. The van der Waals surface area contributed by atoms with Crippen molar-refractivity contribution in [3.8, 4) is 5.75 Å². The molecule has 0 spiro atoms. The van der Waals surface area contributed by atoms with E-state index in [0.717, 1.165) is 15.4 Å². The van der Waals surface area contributed by atoms with Crippen LogP contribution in [0.2, 0.25) is 5.02 Å². The molecular weight excluding hydrogens is 534 g/mol. The standard InChI is InChI=1S/C30H28ClN3O4S/c1-22-8-10-25(11-9-22)21-38-27-15-12-24(13-16-27)19-32-33-30(35)20-34(29-17-14-26(31)18-23(29)2)39(36,37)28-6-4-3-5-7-28/h3-19H,20-21H2,1-2H3,(H,33,35)/b32-19-. The van der Waals surface area contributed by atoms with Crippen LogP contribution in [0.3, 0.4) is 0 Å². The van der Waals surface area contributed by atoms with E-state index in [9.17, 15) is 13.2 Å². The number of anilines is 1. The van der Waals surface area contributed by atoms with Gasteiger partial charge in [-0.05, 0) is 85.1 Å². The molecule has 7 nitrogen and oxygen atoms in total. The van der Waals surface area contributed by atoms with E-state index >= 15 is 0 Å². The van der Waals surface area contributed by atoms with Gasteiger partial charge in [-0.25, -0.2) is 13.8 Å². The van der Waals surface area contributed by atoms with E-state index in [2.05, 4.69) is 10.5 Å². The van der Waals surface area contributed by atoms with Crippen molar-refractivity contribution in [3.05, 3.63) is 124 Å². The third-order valence-corrected chi connectivity index (χ3v) is 7.86. The van der Waals surface area contributed by atoms with Crippen molar-refractivity contribution in [1.82, 2.24) is 5.43 Å². The summed E-state index contributed by atoms with van der Waals surface area (Å²) in [7, 11) is -4.03. The summed E-state index contributed by atoms with van der Waals surface area (Å²) in [5, 5.41) is 4.47. The lowest BCUT2D eigenvalue weighted by molar-refractivity contribution is -0.119. The Morgan fingerprint density at radius 2 is 1.64 bits per heavy atom. The summed E-state index contributed by atoms with van der Waals surface area (Å²) in [5.41, 5.74) is 6.39. The molecule has 200 valence electrons. The molecule has 0 aliphatic heterocycles. The minimum atomic E-state index is -4.03. The Hall–Kier alpha value is -4.14. The molecule has 0 unspecified atom stereocenters. The molecule has 0 heterocycles. The summed E-state index contributed by atoms with van der Waals surface area (Å²) in [6.07, 6.45) is 1.48. The van der Waals surface area contributed by atoms with Crippen LogP contribution in [0, 0.1) is 13.8 Å². The molecule has 0 aliphatic rings. The van der Waals surface area contributed by atoms with E-state index in [4.69, 9.17) is 16.3 Å². The number of ether oxygens (including phenoxy) is 1. The lowest BCUT2D eigenvalue weighted by Gasteiger charge is -2.25. The van der Waals surface area contributed by atoms with Gasteiger partial charge in [0.25, 0.3) is 15.9 Å². The molecular formula is C30H28ClN3O4S. The van der Waals surface area contributed by atoms with Crippen molar-refractivity contribution in [2.45, 2.75) is 25.3 Å². The number of halogens is 1. The average molecular weight is 562 g/mol. The predicted octanol–water partition coefficient (Wildman–Crippen LogP) is 5.88. The second-order valence-corrected chi connectivity index (χ2v) is 11.2. The molecule has 0 saturated heterocycles. The molecule has 0 fully saturated rings. The molecule has 1 N–H and O–H groups in total. The molecule has 0 atom stereocenters. The van der Waals surface area contributed by atoms with Crippen LogP contribution in [0.25, 0.3) is 0 Å². The van der Waals surface area contributed by atoms with Gasteiger partial charge in [0.15, 0.2) is 0 Å². The van der Waals surface area contributed by atoms with Gasteiger partial charge in [-0.1, -0.05) is 59.6 Å². The smallest absolute Gasteiger partial charge is 0.264 e. The van der Waals surface area contributed by atoms with Crippen LogP contribution in [0.4, 0.5) is 5.69 Å². The van der Waals surface area contributed by atoms with Crippen LogP contribution >= 0.6 is 11.6 Å². The van der Waals surface area contributed by atoms with Crippen LogP contribution in [0.5, 0.6) is 5.75 Å².